The van der Waals surface area contributed by atoms with Crippen LogP contribution in [0, 0.1) is 39.4 Å². The minimum Gasteiger partial charge on any atom is -0.320 e. The van der Waals surface area contributed by atoms with E-state index in [0.717, 1.165) is 5.57 Å². The molecule has 2 N–H and O–H groups in total. The summed E-state index contributed by atoms with van der Waals surface area (Å²) in [6.45, 7) is 9.09. The van der Waals surface area contributed by atoms with Gasteiger partial charge in [-0.3, -0.25) is 0 Å². The van der Waals surface area contributed by atoms with Crippen molar-refractivity contribution in [3.8, 4) is 6.07 Å². The van der Waals surface area contributed by atoms with Crippen LogP contribution in [-0.2, 0) is 0 Å². The molecule has 5 aliphatic rings. The number of nitrogens with zero attached hydrogens (tertiary/aromatic N) is 1. The van der Waals surface area contributed by atoms with Crippen LogP contribution in [0.1, 0.15) is 27.7 Å². The van der Waals surface area contributed by atoms with Gasteiger partial charge in [-0.25, -0.2) is 0 Å². The average molecular weight is 354 g/mol. The molecule has 0 bridgehead atoms. The average Bonchev–Trinajstić information content (AvgIpc) is 2.85. The van der Waals surface area contributed by atoms with E-state index in [1.807, 2.05) is 6.08 Å². The molecule has 2 nitrogen and oxygen atoms in total. The summed E-state index contributed by atoms with van der Waals surface area (Å²) < 4.78 is 0. The lowest BCUT2D eigenvalue weighted by Crippen LogP contribution is -2.60. The number of rotatable bonds is 0. The number of hydrogen-bond donors (Lipinski definition) is 1. The Morgan fingerprint density at radius 3 is 2.52 bits per heavy atom. The number of nitriles is 1. The van der Waals surface area contributed by atoms with Crippen LogP contribution in [-0.4, -0.2) is 5.54 Å². The Morgan fingerprint density at radius 1 is 1.04 bits per heavy atom. The van der Waals surface area contributed by atoms with E-state index in [-0.39, 0.29) is 28.1 Å². The van der Waals surface area contributed by atoms with E-state index in [1.54, 1.807) is 0 Å². The summed E-state index contributed by atoms with van der Waals surface area (Å²) in [4.78, 5) is 0. The molecular formula is C25H26N2. The third-order valence-electron chi connectivity index (χ3n) is 7.67. The molecule has 0 aliphatic heterocycles. The monoisotopic (exact) mass is 354 g/mol. The van der Waals surface area contributed by atoms with Gasteiger partial charge in [0, 0.05) is 16.7 Å². The molecule has 0 saturated heterocycles. The molecule has 0 radical (unpaired) electrons. The minimum absolute atomic E-state index is 0.0830. The summed E-state index contributed by atoms with van der Waals surface area (Å²) in [6.07, 6.45) is 22.0. The second-order valence-corrected chi connectivity index (χ2v) is 9.72. The summed E-state index contributed by atoms with van der Waals surface area (Å²) >= 11 is 0. The molecular weight excluding hydrogens is 328 g/mol. The molecule has 5 rings (SSSR count). The van der Waals surface area contributed by atoms with Crippen molar-refractivity contribution in [2.24, 2.45) is 33.8 Å². The molecule has 1 fully saturated rings. The van der Waals surface area contributed by atoms with Gasteiger partial charge in [-0.1, -0.05) is 88.5 Å². The maximum atomic E-state index is 10.2. The highest BCUT2D eigenvalue weighted by molar-refractivity contribution is 5.71. The molecule has 1 spiro atoms. The molecule has 136 valence electrons. The van der Waals surface area contributed by atoms with Gasteiger partial charge in [0.15, 0.2) is 0 Å². The first-order chi connectivity index (χ1) is 12.7. The van der Waals surface area contributed by atoms with Crippen molar-refractivity contribution in [2.75, 3.05) is 0 Å². The van der Waals surface area contributed by atoms with Crippen molar-refractivity contribution < 1.29 is 0 Å². The zero-order valence-corrected chi connectivity index (χ0v) is 16.5. The summed E-state index contributed by atoms with van der Waals surface area (Å²) in [5.41, 5.74) is 11.1. The summed E-state index contributed by atoms with van der Waals surface area (Å²) in [5.74, 6) is -0.216. The quantitative estimate of drug-likeness (QED) is 0.671. The van der Waals surface area contributed by atoms with Crippen molar-refractivity contribution in [3.63, 3.8) is 0 Å². The van der Waals surface area contributed by atoms with Crippen LogP contribution in [0.15, 0.2) is 83.1 Å². The Balaban J connectivity index is 1.95. The summed E-state index contributed by atoms with van der Waals surface area (Å²) in [5, 5.41) is 10.2. The molecule has 0 aromatic carbocycles. The van der Waals surface area contributed by atoms with E-state index < -0.39 is 5.54 Å². The van der Waals surface area contributed by atoms with Gasteiger partial charge in [0.1, 0.15) is 0 Å². The van der Waals surface area contributed by atoms with Crippen molar-refractivity contribution in [3.05, 3.63) is 83.1 Å². The minimum atomic E-state index is -0.721. The van der Waals surface area contributed by atoms with E-state index in [0.29, 0.717) is 0 Å². The summed E-state index contributed by atoms with van der Waals surface area (Å²) in [7, 11) is 0. The van der Waals surface area contributed by atoms with Gasteiger partial charge in [-0.15, -0.1) is 0 Å². The van der Waals surface area contributed by atoms with Gasteiger partial charge in [-0.2, -0.15) is 5.26 Å². The Morgan fingerprint density at radius 2 is 1.78 bits per heavy atom. The topological polar surface area (TPSA) is 49.8 Å². The first-order valence-corrected chi connectivity index (χ1v) is 9.81. The SMILES string of the molecule is CC1(C)C=CC2=C3C1=CC1(N)C(C#N)C4=CC=CC=CC4C31C(C)(C)C=C2. The fourth-order valence-corrected chi connectivity index (χ4v) is 6.55. The lowest BCUT2D eigenvalue weighted by Gasteiger charge is -2.55. The molecule has 0 amide bonds. The third-order valence-corrected chi connectivity index (χ3v) is 7.67. The largest absolute Gasteiger partial charge is 0.320 e. The molecule has 4 unspecified atom stereocenters. The maximum absolute atomic E-state index is 10.2. The fraction of sp³-hybridized carbons (Fsp3) is 0.400. The molecule has 0 aromatic heterocycles. The normalized spacial score (nSPS) is 41.3. The van der Waals surface area contributed by atoms with Gasteiger partial charge in [0.05, 0.1) is 17.5 Å². The van der Waals surface area contributed by atoms with Gasteiger partial charge < -0.3 is 5.73 Å². The van der Waals surface area contributed by atoms with Crippen molar-refractivity contribution in [1.82, 2.24) is 0 Å². The lowest BCUT2D eigenvalue weighted by atomic mass is 9.48. The fourth-order valence-electron chi connectivity index (χ4n) is 6.55. The first kappa shape index (κ1) is 16.8. The highest BCUT2D eigenvalue weighted by Gasteiger charge is 2.74. The van der Waals surface area contributed by atoms with Gasteiger partial charge >= 0.3 is 0 Å². The molecule has 5 aliphatic carbocycles. The number of hydrogen-bond acceptors (Lipinski definition) is 2. The molecule has 4 atom stereocenters. The van der Waals surface area contributed by atoms with Crippen LogP contribution < -0.4 is 5.73 Å². The van der Waals surface area contributed by atoms with Crippen LogP contribution in [0.4, 0.5) is 0 Å². The van der Waals surface area contributed by atoms with Crippen LogP contribution >= 0.6 is 0 Å². The molecule has 0 aromatic rings. The van der Waals surface area contributed by atoms with Crippen molar-refractivity contribution in [1.29, 1.82) is 5.26 Å². The third kappa shape index (κ3) is 1.62. The van der Waals surface area contributed by atoms with E-state index in [9.17, 15) is 5.26 Å². The highest BCUT2D eigenvalue weighted by Crippen LogP contribution is 2.75. The molecule has 1 saturated carbocycles. The smallest absolute Gasteiger partial charge is 0.0907 e. The second kappa shape index (κ2) is 4.72. The Kier molecular flexibility index (Phi) is 2.93. The van der Waals surface area contributed by atoms with E-state index in [2.05, 4.69) is 88.4 Å². The zero-order chi connectivity index (χ0) is 19.2. The molecule has 0 heterocycles. The van der Waals surface area contributed by atoms with Crippen molar-refractivity contribution in [2.45, 2.75) is 33.2 Å². The van der Waals surface area contributed by atoms with E-state index >= 15 is 0 Å². The van der Waals surface area contributed by atoms with Crippen LogP contribution in [0.2, 0.25) is 0 Å². The van der Waals surface area contributed by atoms with Crippen LogP contribution in [0.3, 0.4) is 0 Å². The van der Waals surface area contributed by atoms with Gasteiger partial charge in [0.2, 0.25) is 0 Å². The Labute approximate surface area is 161 Å². The number of fused-ring (bicyclic) bond motifs is 1. The predicted octanol–water partition coefficient (Wildman–Crippen LogP) is 4.92. The predicted molar refractivity (Wildman–Crippen MR) is 109 cm³/mol. The van der Waals surface area contributed by atoms with Gasteiger partial charge in [-0.05, 0) is 27.7 Å². The highest BCUT2D eigenvalue weighted by atomic mass is 14.9. The Bertz CT molecular complexity index is 1010. The number of allylic oxidation sites excluding steroid dienone is 11. The number of nitrogens with two attached hydrogens (primary N) is 1. The lowest BCUT2D eigenvalue weighted by molar-refractivity contribution is 0.0822. The van der Waals surface area contributed by atoms with Gasteiger partial charge in [0.25, 0.3) is 0 Å². The zero-order valence-electron chi connectivity index (χ0n) is 16.5. The van der Waals surface area contributed by atoms with E-state index in [4.69, 9.17) is 5.73 Å². The summed E-state index contributed by atoms with van der Waals surface area (Å²) in [6, 6.07) is 2.60. The van der Waals surface area contributed by atoms with Crippen LogP contribution in [0.5, 0.6) is 0 Å². The Hall–Kier alpha value is -2.37. The standard InChI is InChI=1S/C25H26N2/c1-22(2)12-10-16-11-13-23(3,4)25-18-9-7-5-6-8-17(18)20(15-26)24(25,27)14-19(22)21(16)25/h5-14,18,20H,27H2,1-4H3. The maximum Gasteiger partial charge on any atom is 0.0907 e. The first-order valence-electron chi connectivity index (χ1n) is 9.81. The molecule has 27 heavy (non-hydrogen) atoms. The van der Waals surface area contributed by atoms with Crippen LogP contribution in [0.25, 0.3) is 0 Å². The van der Waals surface area contributed by atoms with E-state index in [1.165, 1.54) is 16.7 Å². The second-order valence-electron chi connectivity index (χ2n) is 9.72. The molecule has 2 heteroatoms. The van der Waals surface area contributed by atoms with Crippen molar-refractivity contribution >= 4 is 0 Å².